The lowest BCUT2D eigenvalue weighted by Crippen LogP contribution is -2.10. The molecule has 4 heteroatoms. The topological polar surface area (TPSA) is 16.4 Å². The van der Waals surface area contributed by atoms with Crippen molar-refractivity contribution in [2.75, 3.05) is 4.90 Å². The van der Waals surface area contributed by atoms with Crippen molar-refractivity contribution in [3.05, 3.63) is 152 Å². The van der Waals surface area contributed by atoms with Crippen molar-refractivity contribution >= 4 is 102 Å². The minimum Gasteiger partial charge on any atom is -0.455 e. The number of benzene rings is 7. The lowest BCUT2D eigenvalue weighted by atomic mass is 10.0. The van der Waals surface area contributed by atoms with Crippen LogP contribution < -0.4 is 4.90 Å². The van der Waals surface area contributed by atoms with E-state index in [0.29, 0.717) is 0 Å². The van der Waals surface area contributed by atoms with Gasteiger partial charge in [0.25, 0.3) is 0 Å². The summed E-state index contributed by atoms with van der Waals surface area (Å²) >= 11 is 3.69. The van der Waals surface area contributed by atoms with Crippen LogP contribution in [0.5, 0.6) is 0 Å². The summed E-state index contributed by atoms with van der Waals surface area (Å²) in [5.41, 5.74) is 7.72. The minimum absolute atomic E-state index is 0.921. The van der Waals surface area contributed by atoms with Gasteiger partial charge in [-0.25, -0.2) is 0 Å². The van der Waals surface area contributed by atoms with Crippen LogP contribution in [0.2, 0.25) is 0 Å². The maximum Gasteiger partial charge on any atom is 0.144 e. The molecular formula is C42H25NOS2. The number of para-hydroxylation sites is 1. The number of hydrogen-bond acceptors (Lipinski definition) is 4. The fourth-order valence-corrected chi connectivity index (χ4v) is 9.29. The van der Waals surface area contributed by atoms with Gasteiger partial charge in [-0.05, 0) is 71.8 Å². The van der Waals surface area contributed by atoms with E-state index in [9.17, 15) is 0 Å². The molecule has 10 rings (SSSR count). The molecule has 0 aliphatic rings. The van der Waals surface area contributed by atoms with Gasteiger partial charge in [-0.1, -0.05) is 91.0 Å². The predicted molar refractivity (Wildman–Crippen MR) is 200 cm³/mol. The number of nitrogens with zero attached hydrogens (tertiary/aromatic N) is 1. The van der Waals surface area contributed by atoms with Gasteiger partial charge < -0.3 is 9.32 Å². The number of hydrogen-bond donors (Lipinski definition) is 0. The summed E-state index contributed by atoms with van der Waals surface area (Å²) in [4.78, 5) is 2.46. The van der Waals surface area contributed by atoms with Crippen LogP contribution in [0.1, 0.15) is 0 Å². The van der Waals surface area contributed by atoms with Crippen LogP contribution in [-0.4, -0.2) is 0 Å². The number of furan rings is 1. The van der Waals surface area contributed by atoms with Crippen molar-refractivity contribution in [1.82, 2.24) is 0 Å². The molecule has 7 aromatic carbocycles. The first-order valence-electron chi connectivity index (χ1n) is 15.4. The van der Waals surface area contributed by atoms with Gasteiger partial charge >= 0.3 is 0 Å². The van der Waals surface area contributed by atoms with Crippen molar-refractivity contribution in [1.29, 1.82) is 0 Å². The monoisotopic (exact) mass is 623 g/mol. The first-order valence-corrected chi connectivity index (χ1v) is 17.1. The Hall–Kier alpha value is -5.42. The van der Waals surface area contributed by atoms with Crippen molar-refractivity contribution < 1.29 is 4.42 Å². The largest absolute Gasteiger partial charge is 0.455 e. The zero-order valence-electron chi connectivity index (χ0n) is 24.6. The zero-order chi connectivity index (χ0) is 30.2. The van der Waals surface area contributed by atoms with Gasteiger partial charge in [-0.15, -0.1) is 22.7 Å². The van der Waals surface area contributed by atoms with E-state index in [1.807, 2.05) is 28.7 Å². The van der Waals surface area contributed by atoms with Crippen molar-refractivity contribution in [2.24, 2.45) is 0 Å². The standard InChI is InChI=1S/C42H25NOS2/c1-2-10-26(11-3-1)27-20-22-28(23-21-27)43(32-14-8-18-36-39(32)31-13-5-7-17-35(31)45-36)33-15-9-19-37-40(33)41-38(46-37)25-24-30-29-12-4-6-16-34(29)44-42(30)41/h1-25H. The highest BCUT2D eigenvalue weighted by Gasteiger charge is 2.23. The number of fused-ring (bicyclic) bond motifs is 10. The normalized spacial score (nSPS) is 11.9. The van der Waals surface area contributed by atoms with Crippen LogP contribution in [0.15, 0.2) is 156 Å². The molecule has 216 valence electrons. The summed E-state index contributed by atoms with van der Waals surface area (Å²) in [7, 11) is 0. The minimum atomic E-state index is 0.921. The quantitative estimate of drug-likeness (QED) is 0.194. The molecule has 0 fully saturated rings. The second-order valence-electron chi connectivity index (χ2n) is 11.7. The Morgan fingerprint density at radius 3 is 1.83 bits per heavy atom. The van der Waals surface area contributed by atoms with E-state index in [-0.39, 0.29) is 0 Å². The van der Waals surface area contributed by atoms with Crippen LogP contribution in [0, 0.1) is 0 Å². The van der Waals surface area contributed by atoms with Gasteiger partial charge in [0, 0.05) is 56.8 Å². The molecule has 0 radical (unpaired) electrons. The maximum atomic E-state index is 6.65. The Morgan fingerprint density at radius 1 is 0.391 bits per heavy atom. The fourth-order valence-electron chi connectivity index (χ4n) is 7.04. The third-order valence-electron chi connectivity index (χ3n) is 9.08. The summed E-state index contributed by atoms with van der Waals surface area (Å²) in [6.45, 7) is 0. The third-order valence-corrected chi connectivity index (χ3v) is 11.3. The van der Waals surface area contributed by atoms with Crippen LogP contribution in [0.4, 0.5) is 17.1 Å². The molecule has 3 aromatic heterocycles. The predicted octanol–water partition coefficient (Wildman–Crippen LogP) is 13.5. The molecule has 0 saturated carbocycles. The molecule has 46 heavy (non-hydrogen) atoms. The summed E-state index contributed by atoms with van der Waals surface area (Å²) in [6, 6.07) is 54.7. The lowest BCUT2D eigenvalue weighted by molar-refractivity contribution is 0.673. The Balaban J connectivity index is 1.31. The Morgan fingerprint density at radius 2 is 1.00 bits per heavy atom. The molecule has 0 spiro atoms. The first-order chi connectivity index (χ1) is 22.8. The van der Waals surface area contributed by atoms with E-state index < -0.39 is 0 Å². The molecule has 3 heterocycles. The zero-order valence-corrected chi connectivity index (χ0v) is 26.2. The van der Waals surface area contributed by atoms with Crippen molar-refractivity contribution in [2.45, 2.75) is 0 Å². The molecule has 0 amide bonds. The highest BCUT2D eigenvalue weighted by Crippen LogP contribution is 2.50. The number of rotatable bonds is 4. The van der Waals surface area contributed by atoms with E-state index in [4.69, 9.17) is 4.42 Å². The molecule has 0 N–H and O–H groups in total. The molecule has 10 aromatic rings. The molecule has 0 unspecified atom stereocenters. The van der Waals surface area contributed by atoms with E-state index in [2.05, 4.69) is 150 Å². The van der Waals surface area contributed by atoms with Gasteiger partial charge in [0.2, 0.25) is 0 Å². The molecule has 2 nitrogen and oxygen atoms in total. The van der Waals surface area contributed by atoms with Crippen LogP contribution in [0.25, 0.3) is 73.4 Å². The number of thiophene rings is 2. The molecule has 0 bridgehead atoms. The van der Waals surface area contributed by atoms with Gasteiger partial charge in [-0.2, -0.15) is 0 Å². The third kappa shape index (κ3) is 3.81. The van der Waals surface area contributed by atoms with Crippen LogP contribution >= 0.6 is 22.7 Å². The van der Waals surface area contributed by atoms with Gasteiger partial charge in [0.1, 0.15) is 11.2 Å². The molecule has 0 saturated heterocycles. The highest BCUT2D eigenvalue weighted by molar-refractivity contribution is 7.26. The SMILES string of the molecule is c1ccc(-c2ccc(N(c3cccc4sc5ccccc5c34)c3cccc4sc5ccc6c7ccccc7oc6c5c34)cc2)cc1. The number of anilines is 3. The molecule has 0 atom stereocenters. The van der Waals surface area contributed by atoms with E-state index in [1.165, 1.54) is 57.2 Å². The average molecular weight is 624 g/mol. The Bertz CT molecular complexity index is 2750. The van der Waals surface area contributed by atoms with E-state index >= 15 is 0 Å². The highest BCUT2D eigenvalue weighted by atomic mass is 32.1. The summed E-state index contributed by atoms with van der Waals surface area (Å²) < 4.78 is 11.7. The second kappa shape index (κ2) is 10.0. The van der Waals surface area contributed by atoms with E-state index in [0.717, 1.165) is 33.3 Å². The molecular weight excluding hydrogens is 599 g/mol. The van der Waals surface area contributed by atoms with Gasteiger partial charge in [0.05, 0.1) is 11.4 Å². The Labute approximate surface area is 273 Å². The van der Waals surface area contributed by atoms with Crippen LogP contribution in [-0.2, 0) is 0 Å². The van der Waals surface area contributed by atoms with Gasteiger partial charge in [-0.3, -0.25) is 0 Å². The van der Waals surface area contributed by atoms with Crippen molar-refractivity contribution in [3.63, 3.8) is 0 Å². The van der Waals surface area contributed by atoms with Crippen LogP contribution in [0.3, 0.4) is 0 Å². The second-order valence-corrected chi connectivity index (χ2v) is 13.8. The fraction of sp³-hybridized carbons (Fsp3) is 0. The molecule has 0 aliphatic heterocycles. The first kappa shape index (κ1) is 25.9. The maximum absolute atomic E-state index is 6.65. The Kier molecular flexibility index (Phi) is 5.65. The average Bonchev–Trinajstić information content (AvgIpc) is 3.81. The summed E-state index contributed by atoms with van der Waals surface area (Å²) in [5.74, 6) is 0. The van der Waals surface area contributed by atoms with Crippen molar-refractivity contribution in [3.8, 4) is 11.1 Å². The smallest absolute Gasteiger partial charge is 0.144 e. The summed E-state index contributed by atoms with van der Waals surface area (Å²) in [5, 5.41) is 7.27. The van der Waals surface area contributed by atoms with Gasteiger partial charge in [0.15, 0.2) is 0 Å². The lowest BCUT2D eigenvalue weighted by Gasteiger charge is -2.27. The summed E-state index contributed by atoms with van der Waals surface area (Å²) in [6.07, 6.45) is 0. The van der Waals surface area contributed by atoms with E-state index in [1.54, 1.807) is 0 Å². The molecule has 0 aliphatic carbocycles.